The molecule has 0 aliphatic carbocycles. The predicted octanol–water partition coefficient (Wildman–Crippen LogP) is 1.20. The van der Waals surface area contributed by atoms with Crippen molar-refractivity contribution in [2.24, 2.45) is 0 Å². The van der Waals surface area contributed by atoms with Crippen molar-refractivity contribution < 1.29 is 13.0 Å². The molecule has 15 heavy (non-hydrogen) atoms. The lowest BCUT2D eigenvalue weighted by molar-refractivity contribution is -0.983. The smallest absolute Gasteiger partial charge is 0.234 e. The number of nitrogens with zero attached hydrogens (tertiary/aromatic N) is 2. The van der Waals surface area contributed by atoms with Gasteiger partial charge in [0.25, 0.3) is 10.0 Å². The van der Waals surface area contributed by atoms with Crippen LogP contribution in [0.3, 0.4) is 0 Å². The minimum atomic E-state index is -3.01. The summed E-state index contributed by atoms with van der Waals surface area (Å²) in [6.07, 6.45) is 3.98. The molecule has 0 saturated carbocycles. The third-order valence-corrected chi connectivity index (χ3v) is 5.06. The van der Waals surface area contributed by atoms with Crippen LogP contribution >= 0.6 is 0 Å². The average Bonchev–Trinajstić information content (AvgIpc) is 2.13. The lowest BCUT2D eigenvalue weighted by Crippen LogP contribution is -2.59. The monoisotopic (exact) mass is 235 g/mol. The van der Waals surface area contributed by atoms with Crippen molar-refractivity contribution >= 4 is 10.0 Å². The van der Waals surface area contributed by atoms with E-state index in [9.17, 15) is 8.42 Å². The normalized spacial score (nSPS) is 22.9. The van der Waals surface area contributed by atoms with Gasteiger partial charge in [-0.05, 0) is 23.7 Å². The molecule has 0 spiro atoms. The van der Waals surface area contributed by atoms with Gasteiger partial charge in [0.1, 0.15) is 0 Å². The Hall–Kier alpha value is -0.130. The van der Waals surface area contributed by atoms with Crippen LogP contribution in [-0.4, -0.2) is 50.4 Å². The molecule has 0 bridgehead atoms. The van der Waals surface area contributed by atoms with E-state index in [0.717, 1.165) is 32.2 Å². The summed E-state index contributed by atoms with van der Waals surface area (Å²) >= 11 is 0. The molecule has 0 radical (unpaired) electrons. The molecule has 1 heterocycles. The van der Waals surface area contributed by atoms with Gasteiger partial charge in [-0.25, -0.2) is 13.0 Å². The Morgan fingerprint density at radius 2 is 1.93 bits per heavy atom. The van der Waals surface area contributed by atoms with E-state index in [1.165, 1.54) is 0 Å². The minimum Gasteiger partial charge on any atom is -0.234 e. The van der Waals surface area contributed by atoms with Gasteiger partial charge in [0, 0.05) is 0 Å². The zero-order chi connectivity index (χ0) is 11.5. The van der Waals surface area contributed by atoms with E-state index in [0.29, 0.717) is 16.9 Å². The fraction of sp³-hybridized carbons (Fsp3) is 1.00. The largest absolute Gasteiger partial charge is 0.255 e. The molecule has 1 fully saturated rings. The molecule has 4 nitrogen and oxygen atoms in total. The second kappa shape index (κ2) is 4.80. The first-order valence-corrected chi connectivity index (χ1v) is 7.35. The number of hydrogen-bond donors (Lipinski definition) is 0. The van der Waals surface area contributed by atoms with E-state index in [-0.39, 0.29) is 0 Å². The summed E-state index contributed by atoms with van der Waals surface area (Å²) in [6, 6.07) is 0. The maximum atomic E-state index is 11.9. The van der Waals surface area contributed by atoms with Crippen LogP contribution in [0.2, 0.25) is 0 Å². The predicted molar refractivity (Wildman–Crippen MR) is 61.6 cm³/mol. The van der Waals surface area contributed by atoms with Crippen LogP contribution in [0.5, 0.6) is 0 Å². The molecule has 0 atom stereocenters. The number of hydrogen-bond acceptors (Lipinski definition) is 2. The highest BCUT2D eigenvalue weighted by Gasteiger charge is 2.38. The Kier molecular flexibility index (Phi) is 4.14. The fourth-order valence-corrected chi connectivity index (χ4v) is 3.98. The van der Waals surface area contributed by atoms with E-state index >= 15 is 0 Å². The molecule has 0 aromatic heterocycles. The van der Waals surface area contributed by atoms with Crippen LogP contribution in [0.25, 0.3) is 0 Å². The molecule has 0 unspecified atom stereocenters. The molecule has 0 N–H and O–H groups in total. The van der Waals surface area contributed by atoms with Gasteiger partial charge in [0.2, 0.25) is 0 Å². The molecule has 0 aromatic carbocycles. The Bertz CT molecular complexity index is 299. The highest BCUT2D eigenvalue weighted by molar-refractivity contribution is 7.88. The molecule has 5 heteroatoms. The maximum Gasteiger partial charge on any atom is 0.255 e. The van der Waals surface area contributed by atoms with Gasteiger partial charge in [-0.3, -0.25) is 0 Å². The molecule has 1 saturated heterocycles. The van der Waals surface area contributed by atoms with Crippen LogP contribution in [0.15, 0.2) is 0 Å². The summed E-state index contributed by atoms with van der Waals surface area (Å²) in [7, 11) is 0.963. The van der Waals surface area contributed by atoms with Crippen LogP contribution < -0.4 is 0 Å². The van der Waals surface area contributed by atoms with Crippen molar-refractivity contribution in [3.8, 4) is 0 Å². The van der Waals surface area contributed by atoms with Gasteiger partial charge in [-0.15, -0.1) is 0 Å². The Balaban J connectivity index is 2.75. The van der Waals surface area contributed by atoms with E-state index in [1.807, 2.05) is 14.1 Å². The van der Waals surface area contributed by atoms with E-state index in [2.05, 4.69) is 6.92 Å². The van der Waals surface area contributed by atoms with Gasteiger partial charge >= 0.3 is 0 Å². The first-order valence-electron chi connectivity index (χ1n) is 5.74. The average molecular weight is 235 g/mol. The summed E-state index contributed by atoms with van der Waals surface area (Å²) in [6.45, 7) is 3.71. The summed E-state index contributed by atoms with van der Waals surface area (Å²) in [4.78, 5) is 0. The fourth-order valence-electron chi connectivity index (χ4n) is 2.04. The summed E-state index contributed by atoms with van der Waals surface area (Å²) in [5, 5.41) is 0. The zero-order valence-electron chi connectivity index (χ0n) is 10.1. The number of unbranched alkanes of at least 4 members (excludes halogenated alkanes) is 1. The van der Waals surface area contributed by atoms with E-state index < -0.39 is 10.0 Å². The lowest BCUT2D eigenvalue weighted by Gasteiger charge is -2.40. The first kappa shape index (κ1) is 12.9. The van der Waals surface area contributed by atoms with Gasteiger partial charge in [-0.2, -0.15) is 0 Å². The third-order valence-electron chi connectivity index (χ3n) is 2.99. The van der Waals surface area contributed by atoms with Crippen molar-refractivity contribution in [2.75, 3.05) is 32.9 Å². The van der Waals surface area contributed by atoms with Gasteiger partial charge < -0.3 is 0 Å². The van der Waals surface area contributed by atoms with Crippen LogP contribution in [0.4, 0.5) is 0 Å². The number of quaternary nitrogens is 1. The molecule has 0 aromatic rings. The van der Waals surface area contributed by atoms with Gasteiger partial charge in [0.15, 0.2) is 0 Å². The van der Waals surface area contributed by atoms with Crippen LogP contribution in [0.1, 0.15) is 32.6 Å². The first-order chi connectivity index (χ1) is 6.90. The van der Waals surface area contributed by atoms with Crippen molar-refractivity contribution in [2.45, 2.75) is 32.6 Å². The highest BCUT2D eigenvalue weighted by atomic mass is 32.2. The zero-order valence-corrected chi connectivity index (χ0v) is 10.9. The maximum absolute atomic E-state index is 11.9. The Morgan fingerprint density at radius 3 is 2.47 bits per heavy atom. The van der Waals surface area contributed by atoms with E-state index in [4.69, 9.17) is 0 Å². The second-order valence-electron chi connectivity index (χ2n) is 4.77. The quantitative estimate of drug-likeness (QED) is 0.687. The third kappa shape index (κ3) is 3.16. The van der Waals surface area contributed by atoms with E-state index in [1.54, 1.807) is 4.41 Å². The minimum absolute atomic E-state index is 0.320. The topological polar surface area (TPSA) is 37.4 Å². The summed E-state index contributed by atoms with van der Waals surface area (Å²) in [5.74, 6) is 0.320. The van der Waals surface area contributed by atoms with Gasteiger partial charge in [0.05, 0.1) is 32.9 Å². The molecule has 0 amide bonds. The van der Waals surface area contributed by atoms with Crippen molar-refractivity contribution in [1.82, 2.24) is 4.41 Å². The van der Waals surface area contributed by atoms with Crippen molar-refractivity contribution in [1.29, 1.82) is 0 Å². The number of sulfonamides is 1. The summed E-state index contributed by atoms with van der Waals surface area (Å²) in [5.41, 5.74) is 0. The Morgan fingerprint density at radius 1 is 1.27 bits per heavy atom. The molecule has 1 aliphatic rings. The Labute approximate surface area is 93.5 Å². The van der Waals surface area contributed by atoms with Crippen LogP contribution in [-0.2, 0) is 10.0 Å². The number of rotatable bonds is 4. The molecule has 1 aliphatic heterocycles. The summed E-state index contributed by atoms with van der Waals surface area (Å²) < 4.78 is 25.9. The standard InChI is InChI=1S/C10H23N2O2S/c1-4-5-9-12(2,3)11-8-6-7-10-15(11,13)14/h4-10H2,1-3H3/q+1. The molecular formula is C10H23N2O2S+. The van der Waals surface area contributed by atoms with Crippen molar-refractivity contribution in [3.63, 3.8) is 0 Å². The molecular weight excluding hydrogens is 212 g/mol. The SMILES string of the molecule is CCCC[N+](C)(C)N1CCCCS1(=O)=O. The lowest BCUT2D eigenvalue weighted by atomic mass is 10.3. The second-order valence-corrected chi connectivity index (χ2v) is 6.76. The van der Waals surface area contributed by atoms with Crippen molar-refractivity contribution in [3.05, 3.63) is 0 Å². The van der Waals surface area contributed by atoms with Gasteiger partial charge in [-0.1, -0.05) is 13.3 Å². The molecule has 1 rings (SSSR count). The molecule has 90 valence electrons. The van der Waals surface area contributed by atoms with Crippen LogP contribution in [0, 0.1) is 0 Å². The highest BCUT2D eigenvalue weighted by Crippen LogP contribution is 2.20.